The van der Waals surface area contributed by atoms with Crippen LogP contribution >= 0.6 is 34.5 Å². The monoisotopic (exact) mass is 306 g/mol. The molecule has 1 saturated carbocycles. The highest BCUT2D eigenvalue weighted by Crippen LogP contribution is 2.31. The molecule has 2 rings (SSSR count). The third-order valence-corrected chi connectivity index (χ3v) is 5.18. The van der Waals surface area contributed by atoms with Crippen molar-refractivity contribution in [2.75, 3.05) is 6.54 Å². The lowest BCUT2D eigenvalue weighted by atomic mass is 9.82. The standard InChI is InChI=1S/C12H16Cl2N2OS/c13-8-6-9(18-10(8)14)11(17)16-7-12(15)4-2-1-3-5-12/h6H,1-5,7,15H2,(H,16,17). The lowest BCUT2D eigenvalue weighted by molar-refractivity contribution is 0.0942. The fourth-order valence-electron chi connectivity index (χ4n) is 2.23. The topological polar surface area (TPSA) is 55.1 Å². The average molecular weight is 307 g/mol. The first-order valence-corrected chi connectivity index (χ1v) is 7.59. The molecule has 100 valence electrons. The van der Waals surface area contributed by atoms with E-state index >= 15 is 0 Å². The van der Waals surface area contributed by atoms with Gasteiger partial charge in [-0.1, -0.05) is 42.5 Å². The van der Waals surface area contributed by atoms with Gasteiger partial charge < -0.3 is 11.1 Å². The summed E-state index contributed by atoms with van der Waals surface area (Å²) in [7, 11) is 0. The number of rotatable bonds is 3. The van der Waals surface area contributed by atoms with E-state index in [4.69, 9.17) is 28.9 Å². The van der Waals surface area contributed by atoms with Crippen LogP contribution in [0.25, 0.3) is 0 Å². The molecule has 1 aromatic heterocycles. The average Bonchev–Trinajstić information content (AvgIpc) is 2.68. The van der Waals surface area contributed by atoms with Crippen LogP contribution in [0.3, 0.4) is 0 Å². The molecule has 18 heavy (non-hydrogen) atoms. The molecule has 6 heteroatoms. The molecule has 0 unspecified atom stereocenters. The predicted octanol–water partition coefficient (Wildman–Crippen LogP) is 3.45. The molecule has 0 saturated heterocycles. The highest BCUT2D eigenvalue weighted by molar-refractivity contribution is 7.18. The van der Waals surface area contributed by atoms with Crippen LogP contribution in [0.4, 0.5) is 0 Å². The normalized spacial score (nSPS) is 18.6. The molecule has 0 atom stereocenters. The van der Waals surface area contributed by atoms with E-state index in [-0.39, 0.29) is 11.4 Å². The van der Waals surface area contributed by atoms with Gasteiger partial charge in [0, 0.05) is 12.1 Å². The molecular weight excluding hydrogens is 291 g/mol. The van der Waals surface area contributed by atoms with E-state index in [2.05, 4.69) is 5.32 Å². The first kappa shape index (κ1) is 14.1. The minimum absolute atomic E-state index is 0.149. The number of amides is 1. The van der Waals surface area contributed by atoms with Crippen molar-refractivity contribution in [2.45, 2.75) is 37.6 Å². The van der Waals surface area contributed by atoms with Gasteiger partial charge in [-0.05, 0) is 18.9 Å². The van der Waals surface area contributed by atoms with Crippen molar-refractivity contribution in [1.29, 1.82) is 0 Å². The second kappa shape index (κ2) is 5.78. The zero-order valence-electron chi connectivity index (χ0n) is 9.97. The maximum absolute atomic E-state index is 11.9. The molecule has 3 nitrogen and oxygen atoms in total. The number of carbonyl (C=O) groups excluding carboxylic acids is 1. The summed E-state index contributed by atoms with van der Waals surface area (Å²) in [4.78, 5) is 12.5. The summed E-state index contributed by atoms with van der Waals surface area (Å²) in [6.07, 6.45) is 5.47. The van der Waals surface area contributed by atoms with Gasteiger partial charge in [0.1, 0.15) is 4.34 Å². The van der Waals surface area contributed by atoms with Crippen molar-refractivity contribution < 1.29 is 4.79 Å². The van der Waals surface area contributed by atoms with Gasteiger partial charge in [-0.15, -0.1) is 11.3 Å². The van der Waals surface area contributed by atoms with Crippen LogP contribution in [-0.4, -0.2) is 18.0 Å². The molecule has 1 amide bonds. The van der Waals surface area contributed by atoms with Crippen LogP contribution < -0.4 is 11.1 Å². The van der Waals surface area contributed by atoms with Crippen molar-refractivity contribution in [3.63, 3.8) is 0 Å². The van der Waals surface area contributed by atoms with Crippen LogP contribution in [0.1, 0.15) is 41.8 Å². The number of thiophene rings is 1. The molecule has 1 aliphatic rings. The van der Waals surface area contributed by atoms with E-state index < -0.39 is 0 Å². The van der Waals surface area contributed by atoms with Crippen molar-refractivity contribution >= 4 is 40.4 Å². The van der Waals surface area contributed by atoms with Crippen molar-refractivity contribution in [3.8, 4) is 0 Å². The maximum Gasteiger partial charge on any atom is 0.261 e. The smallest absolute Gasteiger partial charge is 0.261 e. The third-order valence-electron chi connectivity index (χ3n) is 3.32. The Morgan fingerprint density at radius 3 is 2.61 bits per heavy atom. The van der Waals surface area contributed by atoms with E-state index in [9.17, 15) is 4.79 Å². The molecule has 0 aliphatic heterocycles. The van der Waals surface area contributed by atoms with Crippen LogP contribution in [0.5, 0.6) is 0 Å². The quantitative estimate of drug-likeness (QED) is 0.898. The van der Waals surface area contributed by atoms with Crippen molar-refractivity contribution in [3.05, 3.63) is 20.3 Å². The summed E-state index contributed by atoms with van der Waals surface area (Å²) in [6, 6.07) is 1.59. The second-order valence-corrected chi connectivity index (χ2v) is 6.90. The summed E-state index contributed by atoms with van der Waals surface area (Å²) in [5, 5.41) is 3.30. The molecule has 1 heterocycles. The Morgan fingerprint density at radius 1 is 1.39 bits per heavy atom. The zero-order chi connectivity index (χ0) is 13.2. The molecule has 0 spiro atoms. The number of halogens is 2. The Morgan fingerprint density at radius 2 is 2.06 bits per heavy atom. The molecule has 1 fully saturated rings. The Kier molecular flexibility index (Phi) is 4.54. The number of hydrogen-bond donors (Lipinski definition) is 2. The van der Waals surface area contributed by atoms with Crippen LogP contribution in [0.15, 0.2) is 6.07 Å². The number of nitrogens with one attached hydrogen (secondary N) is 1. The van der Waals surface area contributed by atoms with Crippen LogP contribution in [0.2, 0.25) is 9.36 Å². The number of hydrogen-bond acceptors (Lipinski definition) is 3. The Labute approximate surface area is 121 Å². The maximum atomic E-state index is 11.9. The molecule has 3 N–H and O–H groups in total. The van der Waals surface area contributed by atoms with E-state index in [0.29, 0.717) is 20.8 Å². The first-order chi connectivity index (χ1) is 8.50. The fourth-order valence-corrected chi connectivity index (χ4v) is 3.52. The predicted molar refractivity (Wildman–Crippen MR) is 76.7 cm³/mol. The fraction of sp³-hybridized carbons (Fsp3) is 0.583. The highest BCUT2D eigenvalue weighted by Gasteiger charge is 2.28. The summed E-state index contributed by atoms with van der Waals surface area (Å²) in [6.45, 7) is 0.513. The summed E-state index contributed by atoms with van der Waals surface area (Å²) in [5.74, 6) is -0.149. The van der Waals surface area contributed by atoms with Gasteiger partial charge >= 0.3 is 0 Å². The van der Waals surface area contributed by atoms with Gasteiger partial charge in [0.05, 0.1) is 9.90 Å². The molecular formula is C12H16Cl2N2OS. The van der Waals surface area contributed by atoms with Crippen molar-refractivity contribution in [2.24, 2.45) is 5.73 Å². The van der Waals surface area contributed by atoms with Gasteiger partial charge in [-0.25, -0.2) is 0 Å². The van der Waals surface area contributed by atoms with Gasteiger partial charge in [0.15, 0.2) is 0 Å². The van der Waals surface area contributed by atoms with E-state index in [1.165, 1.54) is 17.8 Å². The molecule has 0 radical (unpaired) electrons. The summed E-state index contributed by atoms with van der Waals surface area (Å²) < 4.78 is 0.446. The molecule has 0 bridgehead atoms. The van der Waals surface area contributed by atoms with Gasteiger partial charge in [0.25, 0.3) is 5.91 Å². The second-order valence-electron chi connectivity index (χ2n) is 4.84. The minimum atomic E-state index is -0.251. The zero-order valence-corrected chi connectivity index (χ0v) is 12.3. The van der Waals surface area contributed by atoms with Crippen LogP contribution in [-0.2, 0) is 0 Å². The Bertz CT molecular complexity index is 422. The van der Waals surface area contributed by atoms with E-state index in [1.807, 2.05) is 0 Å². The first-order valence-electron chi connectivity index (χ1n) is 6.02. The molecule has 0 aromatic carbocycles. The van der Waals surface area contributed by atoms with Gasteiger partial charge in [-0.2, -0.15) is 0 Å². The summed E-state index contributed by atoms with van der Waals surface area (Å²) in [5.41, 5.74) is 6.01. The number of nitrogens with two attached hydrogens (primary N) is 1. The largest absolute Gasteiger partial charge is 0.349 e. The number of carbonyl (C=O) groups is 1. The lowest BCUT2D eigenvalue weighted by Crippen LogP contribution is -2.51. The van der Waals surface area contributed by atoms with Gasteiger partial charge in [0.2, 0.25) is 0 Å². The molecule has 1 aromatic rings. The van der Waals surface area contributed by atoms with E-state index in [1.54, 1.807) is 6.07 Å². The van der Waals surface area contributed by atoms with Crippen molar-refractivity contribution in [1.82, 2.24) is 5.32 Å². The lowest BCUT2D eigenvalue weighted by Gasteiger charge is -2.33. The summed E-state index contributed by atoms with van der Waals surface area (Å²) >= 11 is 12.8. The van der Waals surface area contributed by atoms with Crippen LogP contribution in [0, 0.1) is 0 Å². The Hall–Kier alpha value is -0.290. The molecule has 1 aliphatic carbocycles. The Balaban J connectivity index is 1.91. The minimum Gasteiger partial charge on any atom is -0.349 e. The third kappa shape index (κ3) is 3.38. The SMILES string of the molecule is NC1(CNC(=O)c2cc(Cl)c(Cl)s2)CCCCC1. The highest BCUT2D eigenvalue weighted by atomic mass is 35.5. The van der Waals surface area contributed by atoms with E-state index in [0.717, 1.165) is 25.7 Å². The van der Waals surface area contributed by atoms with Gasteiger partial charge in [-0.3, -0.25) is 4.79 Å².